The van der Waals surface area contributed by atoms with Gasteiger partial charge in [0, 0.05) is 42.3 Å². The van der Waals surface area contributed by atoms with E-state index in [1.165, 1.54) is 16.5 Å². The van der Waals surface area contributed by atoms with E-state index >= 15 is 0 Å². The number of nitrogens with zero attached hydrogens (tertiary/aromatic N) is 1. The molecule has 0 bridgehead atoms. The van der Waals surface area contributed by atoms with Crippen LogP contribution in [0.5, 0.6) is 0 Å². The maximum absolute atomic E-state index is 13.0. The number of hydrogen-bond donors (Lipinski definition) is 2. The molecule has 3 aromatic heterocycles. The number of carbonyl (C=O) groups excluding carboxylic acids is 1. The number of amides is 1. The monoisotopic (exact) mass is 397 g/mol. The summed E-state index contributed by atoms with van der Waals surface area (Å²) in [7, 11) is 0. The lowest BCUT2D eigenvalue weighted by molar-refractivity contribution is 0.0945. The number of benzene rings is 2. The van der Waals surface area contributed by atoms with Crippen LogP contribution in [0, 0.1) is 6.92 Å². The number of rotatable bonds is 6. The molecule has 5 heteroatoms. The van der Waals surface area contributed by atoms with Crippen LogP contribution < -0.4 is 5.32 Å². The minimum atomic E-state index is -0.0895. The smallest absolute Gasteiger partial charge is 0.268 e. The van der Waals surface area contributed by atoms with Crippen molar-refractivity contribution in [1.82, 2.24) is 14.9 Å². The molecule has 1 amide bonds. The van der Waals surface area contributed by atoms with Crippen LogP contribution in [0.15, 0.2) is 77.5 Å². The van der Waals surface area contributed by atoms with E-state index in [1.54, 1.807) is 6.26 Å². The topological polar surface area (TPSA) is 63.0 Å². The summed E-state index contributed by atoms with van der Waals surface area (Å²) in [6.45, 7) is 3.26. The molecule has 0 atom stereocenters. The number of aromatic nitrogens is 2. The zero-order chi connectivity index (χ0) is 20.5. The number of aromatic amines is 1. The zero-order valence-corrected chi connectivity index (χ0v) is 16.8. The first-order valence-corrected chi connectivity index (χ1v) is 10.1. The lowest BCUT2D eigenvalue weighted by Gasteiger charge is -2.11. The molecule has 3 heterocycles. The molecular formula is C25H23N3O2. The second kappa shape index (κ2) is 7.59. The fourth-order valence-electron chi connectivity index (χ4n) is 3.95. The normalized spacial score (nSPS) is 11.4. The number of furan rings is 1. The Morgan fingerprint density at radius 1 is 1.10 bits per heavy atom. The molecule has 0 aliphatic heterocycles. The average Bonchev–Trinajstić information content (AvgIpc) is 3.46. The van der Waals surface area contributed by atoms with Crippen LogP contribution in [0.25, 0.3) is 22.0 Å². The van der Waals surface area contributed by atoms with E-state index in [0.29, 0.717) is 18.8 Å². The van der Waals surface area contributed by atoms with Gasteiger partial charge < -0.3 is 19.3 Å². The minimum absolute atomic E-state index is 0.0895. The molecule has 0 aliphatic rings. The minimum Gasteiger partial charge on any atom is -0.463 e. The quantitative estimate of drug-likeness (QED) is 0.421. The summed E-state index contributed by atoms with van der Waals surface area (Å²) in [5, 5.41) is 4.27. The molecule has 5 aromatic rings. The molecule has 2 N–H and O–H groups in total. The van der Waals surface area contributed by atoms with Crippen molar-refractivity contribution >= 4 is 27.9 Å². The van der Waals surface area contributed by atoms with Crippen LogP contribution in [0.4, 0.5) is 0 Å². The third-order valence-corrected chi connectivity index (χ3v) is 5.57. The fourth-order valence-corrected chi connectivity index (χ4v) is 3.95. The first kappa shape index (κ1) is 18.3. The highest BCUT2D eigenvalue weighted by Gasteiger charge is 2.17. The number of hydrogen-bond acceptors (Lipinski definition) is 2. The summed E-state index contributed by atoms with van der Waals surface area (Å²) in [4.78, 5) is 16.3. The van der Waals surface area contributed by atoms with Gasteiger partial charge in [-0.1, -0.05) is 48.0 Å². The molecule has 2 aromatic carbocycles. The first-order chi connectivity index (χ1) is 14.7. The molecule has 0 aliphatic carbocycles. The van der Waals surface area contributed by atoms with Crippen LogP contribution in [-0.2, 0) is 13.0 Å². The Balaban J connectivity index is 1.34. The van der Waals surface area contributed by atoms with Gasteiger partial charge in [0.15, 0.2) is 5.58 Å². The van der Waals surface area contributed by atoms with Crippen LogP contribution in [0.3, 0.4) is 0 Å². The highest BCUT2D eigenvalue weighted by Crippen LogP contribution is 2.23. The van der Waals surface area contributed by atoms with Crippen molar-refractivity contribution in [2.24, 2.45) is 0 Å². The third kappa shape index (κ3) is 3.39. The summed E-state index contributed by atoms with van der Waals surface area (Å²) in [6.07, 6.45) is 4.45. The summed E-state index contributed by atoms with van der Waals surface area (Å²) in [5.74, 6) is -0.0895. The van der Waals surface area contributed by atoms with E-state index < -0.39 is 0 Å². The number of H-pyrrole nitrogens is 1. The number of aryl methyl sites for hydroxylation is 1. The summed E-state index contributed by atoms with van der Waals surface area (Å²) < 4.78 is 7.57. The summed E-state index contributed by atoms with van der Waals surface area (Å²) in [6, 6.07) is 20.3. The van der Waals surface area contributed by atoms with Crippen molar-refractivity contribution in [2.45, 2.75) is 19.9 Å². The van der Waals surface area contributed by atoms with E-state index in [-0.39, 0.29) is 5.91 Å². The van der Waals surface area contributed by atoms with Crippen LogP contribution in [-0.4, -0.2) is 22.0 Å². The second-order valence-corrected chi connectivity index (χ2v) is 7.64. The molecule has 0 spiro atoms. The van der Waals surface area contributed by atoms with Crippen molar-refractivity contribution in [3.8, 4) is 0 Å². The van der Waals surface area contributed by atoms with Crippen molar-refractivity contribution in [2.75, 3.05) is 6.54 Å². The number of fused-ring (bicyclic) bond motifs is 2. The Morgan fingerprint density at radius 3 is 2.80 bits per heavy atom. The Hall–Kier alpha value is -3.73. The molecule has 5 rings (SSSR count). The largest absolute Gasteiger partial charge is 0.463 e. The Labute approximate surface area is 174 Å². The Morgan fingerprint density at radius 2 is 1.93 bits per heavy atom. The van der Waals surface area contributed by atoms with E-state index in [2.05, 4.69) is 53.6 Å². The molecule has 30 heavy (non-hydrogen) atoms. The van der Waals surface area contributed by atoms with Gasteiger partial charge in [0.05, 0.1) is 11.8 Å². The standard InChI is InChI=1S/C25H23N3O2/c1-17-6-8-18(9-7-17)16-28-22-11-13-30-24(22)14-23(28)25(29)26-12-10-19-15-27-21-5-3-2-4-20(19)21/h2-9,11,13-15,27H,10,12,16H2,1H3,(H,26,29). The van der Waals surface area contributed by atoms with Gasteiger partial charge in [-0.3, -0.25) is 4.79 Å². The predicted molar refractivity (Wildman–Crippen MR) is 119 cm³/mol. The lowest BCUT2D eigenvalue weighted by Crippen LogP contribution is -2.28. The van der Waals surface area contributed by atoms with Crippen molar-refractivity contribution in [1.29, 1.82) is 0 Å². The molecule has 0 saturated heterocycles. The van der Waals surface area contributed by atoms with Gasteiger partial charge in [-0.2, -0.15) is 0 Å². The molecule has 0 fully saturated rings. The van der Waals surface area contributed by atoms with E-state index in [9.17, 15) is 4.79 Å². The second-order valence-electron chi connectivity index (χ2n) is 7.64. The number of nitrogens with one attached hydrogen (secondary N) is 2. The van der Waals surface area contributed by atoms with Crippen molar-refractivity contribution in [3.05, 3.63) is 95.5 Å². The maximum Gasteiger partial charge on any atom is 0.268 e. The van der Waals surface area contributed by atoms with Gasteiger partial charge in [-0.15, -0.1) is 0 Å². The van der Waals surface area contributed by atoms with E-state index in [4.69, 9.17) is 4.42 Å². The van der Waals surface area contributed by atoms with Gasteiger partial charge in [0.25, 0.3) is 5.91 Å². The van der Waals surface area contributed by atoms with Gasteiger partial charge in [-0.25, -0.2) is 0 Å². The van der Waals surface area contributed by atoms with E-state index in [0.717, 1.165) is 28.6 Å². The average molecular weight is 397 g/mol. The SMILES string of the molecule is Cc1ccc(Cn2c(C(=O)NCCc3c[nH]c4ccccc34)cc3occc32)cc1. The van der Waals surface area contributed by atoms with Crippen molar-refractivity contribution in [3.63, 3.8) is 0 Å². The Bertz CT molecular complexity index is 1320. The van der Waals surface area contributed by atoms with Crippen LogP contribution >= 0.6 is 0 Å². The van der Waals surface area contributed by atoms with Crippen LogP contribution in [0.2, 0.25) is 0 Å². The van der Waals surface area contributed by atoms with Gasteiger partial charge in [0.1, 0.15) is 5.69 Å². The molecule has 0 unspecified atom stereocenters. The Kier molecular flexibility index (Phi) is 4.64. The molecule has 150 valence electrons. The zero-order valence-electron chi connectivity index (χ0n) is 16.8. The van der Waals surface area contributed by atoms with Crippen molar-refractivity contribution < 1.29 is 9.21 Å². The van der Waals surface area contributed by atoms with Gasteiger partial charge in [-0.05, 0) is 30.5 Å². The van der Waals surface area contributed by atoms with Gasteiger partial charge >= 0.3 is 0 Å². The maximum atomic E-state index is 13.0. The fraction of sp³-hybridized carbons (Fsp3) is 0.160. The highest BCUT2D eigenvalue weighted by molar-refractivity contribution is 5.97. The molecule has 5 nitrogen and oxygen atoms in total. The van der Waals surface area contributed by atoms with Gasteiger partial charge in [0.2, 0.25) is 0 Å². The molecule has 0 saturated carbocycles. The summed E-state index contributed by atoms with van der Waals surface area (Å²) >= 11 is 0. The molecular weight excluding hydrogens is 374 g/mol. The lowest BCUT2D eigenvalue weighted by atomic mass is 10.1. The van der Waals surface area contributed by atoms with E-state index in [1.807, 2.05) is 35.0 Å². The number of para-hydroxylation sites is 1. The third-order valence-electron chi connectivity index (χ3n) is 5.57. The molecule has 0 radical (unpaired) electrons. The number of carbonyl (C=O) groups is 1. The summed E-state index contributed by atoms with van der Waals surface area (Å²) in [5.41, 5.74) is 6.95. The first-order valence-electron chi connectivity index (χ1n) is 10.1. The predicted octanol–water partition coefficient (Wildman–Crippen LogP) is 5.04. The highest BCUT2D eigenvalue weighted by atomic mass is 16.3. The van der Waals surface area contributed by atoms with Crippen LogP contribution in [0.1, 0.15) is 27.2 Å².